The highest BCUT2D eigenvalue weighted by molar-refractivity contribution is 5.74. The van der Waals surface area contributed by atoms with E-state index < -0.39 is 17.6 Å². The molecule has 3 unspecified atom stereocenters. The van der Waals surface area contributed by atoms with Gasteiger partial charge in [-0.2, -0.15) is 0 Å². The van der Waals surface area contributed by atoms with Crippen LogP contribution in [0.15, 0.2) is 0 Å². The highest BCUT2D eigenvalue weighted by Gasteiger charge is 2.52. The maximum Gasteiger partial charge on any atom is 0.309 e. The number of hydrogen-bond donors (Lipinski definition) is 1. The molecule has 2 nitrogen and oxygen atoms in total. The van der Waals surface area contributed by atoms with E-state index in [4.69, 9.17) is 0 Å². The van der Waals surface area contributed by atoms with E-state index in [9.17, 15) is 9.90 Å². The van der Waals surface area contributed by atoms with Crippen molar-refractivity contribution in [3.05, 3.63) is 0 Å². The minimum atomic E-state index is -0.955. The van der Waals surface area contributed by atoms with Crippen molar-refractivity contribution >= 4 is 5.97 Å². The number of rotatable bonds is 12. The number of unbranched alkanes of at least 4 members (excludes halogenated alkanes) is 1. The Morgan fingerprint density at radius 3 is 1.79 bits per heavy atom. The molecule has 3 saturated carbocycles. The van der Waals surface area contributed by atoms with E-state index in [2.05, 4.69) is 13.8 Å². The fourth-order valence-electron chi connectivity index (χ4n) is 8.38. The molecular formula is C31H55FO2. The second-order valence-corrected chi connectivity index (χ2v) is 12.9. The Hall–Kier alpha value is -0.600. The summed E-state index contributed by atoms with van der Waals surface area (Å²) in [4.78, 5) is 12.0. The molecule has 0 aliphatic heterocycles. The average Bonchev–Trinajstić information content (AvgIpc) is 2.84. The molecule has 0 aromatic heterocycles. The summed E-state index contributed by atoms with van der Waals surface area (Å²) in [5.41, 5.74) is -1.09. The van der Waals surface area contributed by atoms with Crippen LogP contribution in [0.1, 0.15) is 149 Å². The fraction of sp³-hybridized carbons (Fsp3) is 0.968. The molecule has 0 radical (unpaired) electrons. The standard InChI is InChI=1S/C31H55FO2/c1-4-7-8-24-9-13-26(14-10-24)27-15-11-25(12-16-27)17-20-30(18-5-2)21-22-31(19-6-3,29(33)34)23-28(30)32/h24-28H,4-23H2,1-3H3,(H,33,34). The third-order valence-electron chi connectivity index (χ3n) is 10.7. The molecule has 0 spiro atoms. The Morgan fingerprint density at radius 2 is 1.32 bits per heavy atom. The van der Waals surface area contributed by atoms with Gasteiger partial charge in [0.05, 0.1) is 5.41 Å². The number of alkyl halides is 1. The lowest BCUT2D eigenvalue weighted by molar-refractivity contribution is -0.157. The average molecular weight is 479 g/mol. The predicted molar refractivity (Wildman–Crippen MR) is 141 cm³/mol. The summed E-state index contributed by atoms with van der Waals surface area (Å²) in [6.07, 6.45) is 21.8. The van der Waals surface area contributed by atoms with Crippen LogP contribution < -0.4 is 0 Å². The lowest BCUT2D eigenvalue weighted by Crippen LogP contribution is -2.47. The van der Waals surface area contributed by atoms with Crippen molar-refractivity contribution in [1.82, 2.24) is 0 Å². The first-order valence-corrected chi connectivity index (χ1v) is 15.3. The first-order valence-electron chi connectivity index (χ1n) is 15.3. The van der Waals surface area contributed by atoms with Gasteiger partial charge in [0, 0.05) is 5.41 Å². The Kier molecular flexibility index (Phi) is 10.8. The topological polar surface area (TPSA) is 37.3 Å². The summed E-state index contributed by atoms with van der Waals surface area (Å²) in [6, 6.07) is 0. The highest BCUT2D eigenvalue weighted by Crippen LogP contribution is 2.54. The van der Waals surface area contributed by atoms with E-state index in [0.717, 1.165) is 62.2 Å². The second kappa shape index (κ2) is 13.1. The van der Waals surface area contributed by atoms with Crippen molar-refractivity contribution < 1.29 is 14.3 Å². The monoisotopic (exact) mass is 478 g/mol. The third kappa shape index (κ3) is 6.78. The molecule has 3 atom stereocenters. The molecule has 0 aromatic carbocycles. The Balaban J connectivity index is 1.47. The third-order valence-corrected chi connectivity index (χ3v) is 10.7. The molecule has 3 aliphatic carbocycles. The van der Waals surface area contributed by atoms with E-state index >= 15 is 4.39 Å². The van der Waals surface area contributed by atoms with Crippen LogP contribution >= 0.6 is 0 Å². The van der Waals surface area contributed by atoms with E-state index in [1.807, 2.05) is 6.92 Å². The molecule has 3 heteroatoms. The minimum Gasteiger partial charge on any atom is -0.481 e. The lowest BCUT2D eigenvalue weighted by atomic mass is 9.57. The van der Waals surface area contributed by atoms with Crippen molar-refractivity contribution in [2.75, 3.05) is 0 Å². The van der Waals surface area contributed by atoms with E-state index in [0.29, 0.717) is 12.8 Å². The maximum atomic E-state index is 15.8. The normalized spacial score (nSPS) is 39.1. The van der Waals surface area contributed by atoms with E-state index in [-0.39, 0.29) is 11.8 Å². The number of carboxylic acid groups (broad SMARTS) is 1. The summed E-state index contributed by atoms with van der Waals surface area (Å²) < 4.78 is 15.8. The molecule has 3 fully saturated rings. The molecular weight excluding hydrogens is 423 g/mol. The zero-order chi connectivity index (χ0) is 24.6. The van der Waals surface area contributed by atoms with Gasteiger partial charge in [-0.1, -0.05) is 78.6 Å². The number of carboxylic acids is 1. The van der Waals surface area contributed by atoms with Crippen LogP contribution in [0.25, 0.3) is 0 Å². The maximum absolute atomic E-state index is 15.8. The smallest absolute Gasteiger partial charge is 0.309 e. The summed E-state index contributed by atoms with van der Waals surface area (Å²) in [6.45, 7) is 6.51. The number of halogens is 1. The van der Waals surface area contributed by atoms with Crippen molar-refractivity contribution in [2.24, 2.45) is 34.5 Å². The van der Waals surface area contributed by atoms with Crippen molar-refractivity contribution in [1.29, 1.82) is 0 Å². The second-order valence-electron chi connectivity index (χ2n) is 12.9. The van der Waals surface area contributed by atoms with Gasteiger partial charge in [0.15, 0.2) is 0 Å². The molecule has 1 N–H and O–H groups in total. The SMILES string of the molecule is CCCCC1CCC(C2CCC(CCC3(CCC)CCC(CCC)(C(=O)O)CC3F)CC2)CC1. The lowest BCUT2D eigenvalue weighted by Gasteiger charge is -2.48. The molecule has 0 aromatic rings. The van der Waals surface area contributed by atoms with Gasteiger partial charge in [0.25, 0.3) is 0 Å². The Bertz CT molecular complexity index is 605. The largest absolute Gasteiger partial charge is 0.481 e. The van der Waals surface area contributed by atoms with Gasteiger partial charge in [0.1, 0.15) is 6.17 Å². The molecule has 3 rings (SSSR count). The molecule has 34 heavy (non-hydrogen) atoms. The fourth-order valence-corrected chi connectivity index (χ4v) is 8.38. The molecule has 0 bridgehead atoms. The Morgan fingerprint density at radius 1 is 0.765 bits per heavy atom. The van der Waals surface area contributed by atoms with Gasteiger partial charge in [-0.3, -0.25) is 4.79 Å². The van der Waals surface area contributed by atoms with Crippen LogP contribution in [-0.4, -0.2) is 17.2 Å². The van der Waals surface area contributed by atoms with Gasteiger partial charge in [-0.25, -0.2) is 4.39 Å². The number of carbonyl (C=O) groups is 1. The van der Waals surface area contributed by atoms with Gasteiger partial charge in [0.2, 0.25) is 0 Å². The highest BCUT2D eigenvalue weighted by atomic mass is 19.1. The molecule has 0 saturated heterocycles. The van der Waals surface area contributed by atoms with Gasteiger partial charge >= 0.3 is 5.97 Å². The summed E-state index contributed by atoms with van der Waals surface area (Å²) in [5.74, 6) is 2.92. The van der Waals surface area contributed by atoms with Crippen molar-refractivity contribution in [3.8, 4) is 0 Å². The number of hydrogen-bond acceptors (Lipinski definition) is 1. The molecule has 3 aliphatic rings. The van der Waals surface area contributed by atoms with E-state index in [1.54, 1.807) is 0 Å². The molecule has 0 amide bonds. The van der Waals surface area contributed by atoms with Gasteiger partial charge < -0.3 is 5.11 Å². The van der Waals surface area contributed by atoms with Gasteiger partial charge in [-0.05, 0) is 94.3 Å². The summed E-state index contributed by atoms with van der Waals surface area (Å²) >= 11 is 0. The quantitative estimate of drug-likeness (QED) is 0.303. The molecule has 0 heterocycles. The van der Waals surface area contributed by atoms with Crippen LogP contribution in [0, 0.1) is 34.5 Å². The predicted octanol–water partition coefficient (Wildman–Crippen LogP) is 9.75. The van der Waals surface area contributed by atoms with Gasteiger partial charge in [-0.15, -0.1) is 0 Å². The Labute approximate surface area is 210 Å². The van der Waals surface area contributed by atoms with Crippen LogP contribution in [0.4, 0.5) is 4.39 Å². The number of aliphatic carboxylic acids is 1. The van der Waals surface area contributed by atoms with Crippen LogP contribution in [0.5, 0.6) is 0 Å². The first-order chi connectivity index (χ1) is 16.4. The van der Waals surface area contributed by atoms with Crippen LogP contribution in [-0.2, 0) is 4.79 Å². The van der Waals surface area contributed by atoms with E-state index in [1.165, 1.54) is 70.6 Å². The zero-order valence-corrected chi connectivity index (χ0v) is 22.8. The zero-order valence-electron chi connectivity index (χ0n) is 22.8. The summed E-state index contributed by atoms with van der Waals surface area (Å²) in [5, 5.41) is 9.89. The minimum absolute atomic E-state index is 0.240. The van der Waals surface area contributed by atoms with Crippen LogP contribution in [0.3, 0.4) is 0 Å². The van der Waals surface area contributed by atoms with Crippen LogP contribution in [0.2, 0.25) is 0 Å². The van der Waals surface area contributed by atoms with Crippen molar-refractivity contribution in [2.45, 2.75) is 155 Å². The first kappa shape index (κ1) is 28.0. The molecule has 198 valence electrons. The summed E-state index contributed by atoms with van der Waals surface area (Å²) in [7, 11) is 0. The van der Waals surface area contributed by atoms with Crippen molar-refractivity contribution in [3.63, 3.8) is 0 Å².